The molecule has 0 aromatic rings. The predicted molar refractivity (Wildman–Crippen MR) is 52.8 cm³/mol. The molecule has 0 aromatic heterocycles. The van der Waals surface area contributed by atoms with Crippen molar-refractivity contribution in [1.82, 2.24) is 9.80 Å². The number of carbonyl (C=O) groups is 2. The topological polar surface area (TPSA) is 89.4 Å². The minimum atomic E-state index is -0.0574. The summed E-state index contributed by atoms with van der Waals surface area (Å²) < 4.78 is 0. The largest absolute Gasteiger partial charge is 0.335 e. The van der Waals surface area contributed by atoms with Gasteiger partial charge in [-0.25, -0.2) is 0 Å². The summed E-state index contributed by atoms with van der Waals surface area (Å²) in [6.45, 7) is 1.09. The summed E-state index contributed by atoms with van der Waals surface area (Å²) in [5, 5.41) is 3.36. The molecule has 2 amide bonds. The fraction of sp³-hybridized carbons (Fsp3) is 0.750. The van der Waals surface area contributed by atoms with Crippen molar-refractivity contribution in [3.8, 4) is 0 Å². The van der Waals surface area contributed by atoms with Gasteiger partial charge in [0.15, 0.2) is 0 Å². The molecule has 0 saturated carbocycles. The van der Waals surface area contributed by atoms with E-state index >= 15 is 0 Å². The van der Waals surface area contributed by atoms with E-state index in [9.17, 15) is 9.59 Å². The van der Waals surface area contributed by atoms with E-state index in [1.807, 2.05) is 0 Å². The van der Waals surface area contributed by atoms with Gasteiger partial charge in [0.05, 0.1) is 13.1 Å². The number of nitrogens with zero attached hydrogens (tertiary/aromatic N) is 5. The van der Waals surface area contributed by atoms with E-state index in [2.05, 4.69) is 10.0 Å². The van der Waals surface area contributed by atoms with Crippen LogP contribution in [0.5, 0.6) is 0 Å². The fourth-order valence-corrected chi connectivity index (χ4v) is 1.34. The van der Waals surface area contributed by atoms with Crippen molar-refractivity contribution in [3.63, 3.8) is 0 Å². The van der Waals surface area contributed by atoms with E-state index in [-0.39, 0.29) is 24.9 Å². The number of rotatable bonds is 4. The molecule has 1 aliphatic heterocycles. The monoisotopic (exact) mass is 211 g/mol. The van der Waals surface area contributed by atoms with Gasteiger partial charge in [-0.05, 0) is 12.0 Å². The molecule has 1 fully saturated rings. The van der Waals surface area contributed by atoms with Gasteiger partial charge in [-0.15, -0.1) is 0 Å². The summed E-state index contributed by atoms with van der Waals surface area (Å²) in [5.74, 6) is -0.114. The van der Waals surface area contributed by atoms with Crippen molar-refractivity contribution in [1.29, 1.82) is 0 Å². The normalized spacial score (nSPS) is 16.6. The van der Waals surface area contributed by atoms with E-state index < -0.39 is 0 Å². The molecule has 0 spiro atoms. The lowest BCUT2D eigenvalue weighted by atomic mass is 10.3. The first-order valence-corrected chi connectivity index (χ1v) is 4.67. The van der Waals surface area contributed by atoms with Crippen LogP contribution in [0.2, 0.25) is 0 Å². The molecule has 0 unspecified atom stereocenters. The van der Waals surface area contributed by atoms with Crippen LogP contribution < -0.4 is 0 Å². The van der Waals surface area contributed by atoms with E-state index in [0.29, 0.717) is 19.5 Å². The van der Waals surface area contributed by atoms with Crippen molar-refractivity contribution in [2.75, 3.05) is 33.2 Å². The van der Waals surface area contributed by atoms with Crippen molar-refractivity contribution in [2.24, 2.45) is 5.11 Å². The van der Waals surface area contributed by atoms with E-state index in [1.54, 1.807) is 7.05 Å². The number of hydrogen-bond donors (Lipinski definition) is 0. The maximum atomic E-state index is 11.4. The van der Waals surface area contributed by atoms with Gasteiger partial charge in [0, 0.05) is 25.0 Å². The van der Waals surface area contributed by atoms with Gasteiger partial charge in [-0.2, -0.15) is 0 Å². The number of piperazine rings is 1. The highest BCUT2D eigenvalue weighted by Crippen LogP contribution is 2.03. The average molecular weight is 211 g/mol. The number of azide groups is 1. The number of hydrogen-bond acceptors (Lipinski definition) is 3. The van der Waals surface area contributed by atoms with Gasteiger partial charge in [0.2, 0.25) is 11.8 Å². The second-order valence-electron chi connectivity index (χ2n) is 3.37. The van der Waals surface area contributed by atoms with Crippen molar-refractivity contribution in [3.05, 3.63) is 10.4 Å². The van der Waals surface area contributed by atoms with E-state index in [4.69, 9.17) is 5.53 Å². The third kappa shape index (κ3) is 3.14. The quantitative estimate of drug-likeness (QED) is 0.283. The molecule has 0 atom stereocenters. The van der Waals surface area contributed by atoms with E-state index in [1.165, 1.54) is 9.80 Å². The Morgan fingerprint density at radius 1 is 1.40 bits per heavy atom. The van der Waals surface area contributed by atoms with Crippen molar-refractivity contribution >= 4 is 11.8 Å². The predicted octanol–water partition coefficient (Wildman–Crippen LogP) is -0.0126. The van der Waals surface area contributed by atoms with Gasteiger partial charge >= 0.3 is 0 Å². The molecule has 1 saturated heterocycles. The Kier molecular flexibility index (Phi) is 3.93. The number of carbonyl (C=O) groups excluding carboxylic acids is 2. The molecule has 82 valence electrons. The SMILES string of the molecule is CN1CC(=O)N(CCCN=[N+]=[N-])CC1=O. The Balaban J connectivity index is 2.38. The third-order valence-corrected chi connectivity index (χ3v) is 2.23. The standard InChI is InChI=1S/C8H13N5O2/c1-12-5-8(15)13(6-7(12)14)4-2-3-10-11-9/h2-6H2,1H3. The summed E-state index contributed by atoms with van der Waals surface area (Å²) in [5.41, 5.74) is 8.05. The number of likely N-dealkylation sites (N-methyl/N-ethyl adjacent to an activating group) is 1. The summed E-state index contributed by atoms with van der Waals surface area (Å²) in [6, 6.07) is 0. The summed E-state index contributed by atoms with van der Waals surface area (Å²) in [7, 11) is 1.61. The average Bonchev–Trinajstić information content (AvgIpc) is 2.20. The van der Waals surface area contributed by atoms with Crippen LogP contribution in [0.4, 0.5) is 0 Å². The first-order valence-electron chi connectivity index (χ1n) is 4.67. The Labute approximate surface area is 87.3 Å². The molecular formula is C8H13N5O2. The van der Waals surface area contributed by atoms with Crippen molar-refractivity contribution in [2.45, 2.75) is 6.42 Å². The Bertz CT molecular complexity index is 310. The van der Waals surface area contributed by atoms with Gasteiger partial charge in [0.1, 0.15) is 0 Å². The highest BCUT2D eigenvalue weighted by molar-refractivity contribution is 5.92. The van der Waals surface area contributed by atoms with Gasteiger partial charge < -0.3 is 9.80 Å². The first-order chi connectivity index (χ1) is 7.15. The third-order valence-electron chi connectivity index (χ3n) is 2.23. The first kappa shape index (κ1) is 11.3. The van der Waals surface area contributed by atoms with Crippen LogP contribution in [0.1, 0.15) is 6.42 Å². The lowest BCUT2D eigenvalue weighted by Gasteiger charge is -2.31. The maximum Gasteiger partial charge on any atom is 0.242 e. The lowest BCUT2D eigenvalue weighted by molar-refractivity contribution is -0.148. The lowest BCUT2D eigenvalue weighted by Crippen LogP contribution is -2.52. The minimum Gasteiger partial charge on any atom is -0.335 e. The molecular weight excluding hydrogens is 198 g/mol. The van der Waals surface area contributed by atoms with Crippen LogP contribution in [0.15, 0.2) is 5.11 Å². The molecule has 0 aliphatic carbocycles. The molecule has 7 heteroatoms. The minimum absolute atomic E-state index is 0.0571. The number of amides is 2. The second-order valence-corrected chi connectivity index (χ2v) is 3.37. The van der Waals surface area contributed by atoms with Gasteiger partial charge in [-0.1, -0.05) is 5.11 Å². The smallest absolute Gasteiger partial charge is 0.242 e. The molecule has 0 radical (unpaired) electrons. The van der Waals surface area contributed by atoms with Gasteiger partial charge in [0.25, 0.3) is 0 Å². The highest BCUT2D eigenvalue weighted by atomic mass is 16.2. The summed E-state index contributed by atoms with van der Waals surface area (Å²) in [4.78, 5) is 28.2. The van der Waals surface area contributed by atoms with Crippen molar-refractivity contribution < 1.29 is 9.59 Å². The van der Waals surface area contributed by atoms with E-state index in [0.717, 1.165) is 0 Å². The highest BCUT2D eigenvalue weighted by Gasteiger charge is 2.26. The zero-order valence-electron chi connectivity index (χ0n) is 8.59. The molecule has 1 aliphatic rings. The molecule has 0 N–H and O–H groups in total. The second kappa shape index (κ2) is 5.21. The zero-order valence-corrected chi connectivity index (χ0v) is 8.59. The molecule has 15 heavy (non-hydrogen) atoms. The maximum absolute atomic E-state index is 11.4. The Morgan fingerprint density at radius 3 is 2.80 bits per heavy atom. The fourth-order valence-electron chi connectivity index (χ4n) is 1.34. The van der Waals surface area contributed by atoms with Crippen LogP contribution in [0.3, 0.4) is 0 Å². The Morgan fingerprint density at radius 2 is 2.13 bits per heavy atom. The van der Waals surface area contributed by atoms with Crippen LogP contribution in [0.25, 0.3) is 10.4 Å². The van der Waals surface area contributed by atoms with Crippen LogP contribution in [-0.2, 0) is 9.59 Å². The summed E-state index contributed by atoms with van der Waals surface area (Å²) >= 11 is 0. The van der Waals surface area contributed by atoms with Crippen LogP contribution >= 0.6 is 0 Å². The summed E-state index contributed by atoms with van der Waals surface area (Å²) in [6.07, 6.45) is 0.590. The Hall–Kier alpha value is -1.75. The molecule has 0 aromatic carbocycles. The van der Waals surface area contributed by atoms with Gasteiger partial charge in [-0.3, -0.25) is 9.59 Å². The molecule has 1 heterocycles. The van der Waals surface area contributed by atoms with Crippen LogP contribution in [-0.4, -0.2) is 54.8 Å². The zero-order chi connectivity index (χ0) is 11.3. The molecule has 1 rings (SSSR count). The van der Waals surface area contributed by atoms with Crippen LogP contribution in [0, 0.1) is 0 Å². The molecule has 7 nitrogen and oxygen atoms in total. The molecule has 0 bridgehead atoms.